The lowest BCUT2D eigenvalue weighted by atomic mass is 9.91. The number of rotatable bonds is 4. The van der Waals surface area contributed by atoms with Crippen LogP contribution in [0, 0.1) is 0 Å². The van der Waals surface area contributed by atoms with Gasteiger partial charge in [0.05, 0.1) is 11.8 Å². The molecule has 2 fully saturated rings. The molecule has 2 N–H and O–H groups in total. The summed E-state index contributed by atoms with van der Waals surface area (Å²) in [6, 6.07) is 10.8. The SMILES string of the molecule is O=C1CCc2cnc(Nc3ccc(N4CCC(O)CC4)cc3)cc2N1C1CCCCC1. The fraction of sp³-hybridized carbons (Fsp3) is 0.520. The average Bonchev–Trinajstić information content (AvgIpc) is 2.81. The molecule has 1 aromatic heterocycles. The Balaban J connectivity index is 1.32. The number of fused-ring (bicyclic) bond motifs is 1. The molecule has 0 bridgehead atoms. The van der Waals surface area contributed by atoms with Crippen molar-refractivity contribution in [2.24, 2.45) is 0 Å². The molecule has 6 nitrogen and oxygen atoms in total. The third kappa shape index (κ3) is 4.40. The summed E-state index contributed by atoms with van der Waals surface area (Å²) >= 11 is 0. The van der Waals surface area contributed by atoms with Crippen molar-refractivity contribution in [1.82, 2.24) is 4.98 Å². The largest absolute Gasteiger partial charge is 0.393 e. The molecule has 2 aromatic rings. The standard InChI is InChI=1S/C25H32N4O2/c30-22-12-14-28(15-13-22)20-9-7-19(8-10-20)27-24-16-23-18(17-26-24)6-11-25(31)29(23)21-4-2-1-3-5-21/h7-10,16-17,21-22,30H,1-6,11-15H2,(H,26,27). The number of aliphatic hydroxyl groups is 1. The van der Waals surface area contributed by atoms with Crippen LogP contribution in [0.4, 0.5) is 22.9 Å². The van der Waals surface area contributed by atoms with Crippen LogP contribution >= 0.6 is 0 Å². The van der Waals surface area contributed by atoms with Gasteiger partial charge in [0.2, 0.25) is 5.91 Å². The highest BCUT2D eigenvalue weighted by molar-refractivity contribution is 5.97. The van der Waals surface area contributed by atoms with E-state index in [0.717, 1.165) is 62.4 Å². The highest BCUT2D eigenvalue weighted by atomic mass is 16.3. The van der Waals surface area contributed by atoms with Gasteiger partial charge in [0.15, 0.2) is 0 Å². The van der Waals surface area contributed by atoms with Gasteiger partial charge in [-0.15, -0.1) is 0 Å². The fourth-order valence-electron chi connectivity index (χ4n) is 5.22. The molecule has 6 heteroatoms. The van der Waals surface area contributed by atoms with E-state index in [4.69, 9.17) is 0 Å². The van der Waals surface area contributed by atoms with Crippen molar-refractivity contribution in [1.29, 1.82) is 0 Å². The van der Waals surface area contributed by atoms with E-state index in [0.29, 0.717) is 12.5 Å². The number of piperidine rings is 1. The maximum atomic E-state index is 12.8. The first kappa shape index (κ1) is 20.3. The molecule has 2 aliphatic heterocycles. The van der Waals surface area contributed by atoms with Gasteiger partial charge < -0.3 is 20.2 Å². The van der Waals surface area contributed by atoms with Crippen LogP contribution in [0.3, 0.4) is 0 Å². The molecule has 0 spiro atoms. The second kappa shape index (κ2) is 8.87. The Kier molecular flexibility index (Phi) is 5.81. The molecule has 31 heavy (non-hydrogen) atoms. The normalized spacial score (nSPS) is 20.6. The van der Waals surface area contributed by atoms with Crippen LogP contribution < -0.4 is 15.1 Å². The van der Waals surface area contributed by atoms with Crippen LogP contribution in [-0.2, 0) is 11.2 Å². The maximum absolute atomic E-state index is 12.8. The Morgan fingerprint density at radius 2 is 1.71 bits per heavy atom. The number of nitrogens with one attached hydrogen (secondary N) is 1. The van der Waals surface area contributed by atoms with E-state index < -0.39 is 0 Å². The van der Waals surface area contributed by atoms with Crippen molar-refractivity contribution in [3.63, 3.8) is 0 Å². The number of pyridine rings is 1. The minimum Gasteiger partial charge on any atom is -0.393 e. The maximum Gasteiger partial charge on any atom is 0.227 e. The highest BCUT2D eigenvalue weighted by Gasteiger charge is 2.31. The van der Waals surface area contributed by atoms with Gasteiger partial charge in [-0.2, -0.15) is 0 Å². The van der Waals surface area contributed by atoms with Gasteiger partial charge >= 0.3 is 0 Å². The van der Waals surface area contributed by atoms with Gasteiger partial charge in [0, 0.05) is 49.2 Å². The topological polar surface area (TPSA) is 68.7 Å². The summed E-state index contributed by atoms with van der Waals surface area (Å²) < 4.78 is 0. The number of nitrogens with zero attached hydrogens (tertiary/aromatic N) is 3. The third-order valence-corrected chi connectivity index (χ3v) is 7.01. The first-order valence-electron chi connectivity index (χ1n) is 11.8. The second-order valence-corrected chi connectivity index (χ2v) is 9.14. The number of carbonyl (C=O) groups is 1. The van der Waals surface area contributed by atoms with Gasteiger partial charge in [-0.3, -0.25) is 4.79 Å². The molecule has 5 rings (SSSR count). The molecule has 3 aliphatic rings. The predicted octanol–water partition coefficient (Wildman–Crippen LogP) is 4.40. The zero-order chi connectivity index (χ0) is 21.2. The minimum absolute atomic E-state index is 0.160. The van der Waals surface area contributed by atoms with Crippen molar-refractivity contribution < 1.29 is 9.90 Å². The first-order chi connectivity index (χ1) is 15.2. The summed E-state index contributed by atoms with van der Waals surface area (Å²) in [4.78, 5) is 21.8. The van der Waals surface area contributed by atoms with Crippen LogP contribution in [0.2, 0.25) is 0 Å². The van der Waals surface area contributed by atoms with Crippen LogP contribution in [0.15, 0.2) is 36.5 Å². The van der Waals surface area contributed by atoms with Gasteiger partial charge in [-0.1, -0.05) is 19.3 Å². The van der Waals surface area contributed by atoms with Crippen molar-refractivity contribution in [3.8, 4) is 0 Å². The highest BCUT2D eigenvalue weighted by Crippen LogP contribution is 2.35. The Hall–Kier alpha value is -2.60. The molecule has 0 unspecified atom stereocenters. The van der Waals surface area contributed by atoms with E-state index in [2.05, 4.69) is 50.4 Å². The number of benzene rings is 1. The zero-order valence-electron chi connectivity index (χ0n) is 18.1. The van der Waals surface area contributed by atoms with E-state index in [1.165, 1.54) is 30.5 Å². The molecule has 3 heterocycles. The van der Waals surface area contributed by atoms with Crippen molar-refractivity contribution >= 4 is 28.8 Å². The summed E-state index contributed by atoms with van der Waals surface area (Å²) in [5.41, 5.74) is 4.40. The van der Waals surface area contributed by atoms with Gasteiger partial charge in [-0.25, -0.2) is 4.98 Å². The molecule has 0 atom stereocenters. The van der Waals surface area contributed by atoms with Gasteiger partial charge in [0.1, 0.15) is 5.82 Å². The molecule has 164 valence electrons. The molecule has 1 aliphatic carbocycles. The number of anilines is 4. The zero-order valence-corrected chi connectivity index (χ0v) is 18.1. The van der Waals surface area contributed by atoms with E-state index in [9.17, 15) is 9.90 Å². The second-order valence-electron chi connectivity index (χ2n) is 9.14. The number of hydrogen-bond donors (Lipinski definition) is 2. The minimum atomic E-state index is -0.160. The summed E-state index contributed by atoms with van der Waals surface area (Å²) in [6.07, 6.45) is 10.7. The number of hydrogen-bond acceptors (Lipinski definition) is 5. The fourth-order valence-corrected chi connectivity index (χ4v) is 5.22. The smallest absolute Gasteiger partial charge is 0.227 e. The van der Waals surface area contributed by atoms with Crippen molar-refractivity contribution in [3.05, 3.63) is 42.1 Å². The van der Waals surface area contributed by atoms with Crippen molar-refractivity contribution in [2.45, 2.75) is 69.9 Å². The monoisotopic (exact) mass is 420 g/mol. The number of carbonyl (C=O) groups excluding carboxylic acids is 1. The number of aryl methyl sites for hydroxylation is 1. The van der Waals surface area contributed by atoms with Crippen LogP contribution in [0.1, 0.15) is 56.9 Å². The quantitative estimate of drug-likeness (QED) is 0.767. The molecule has 0 radical (unpaired) electrons. The Morgan fingerprint density at radius 1 is 0.968 bits per heavy atom. The number of aliphatic hydroxyl groups excluding tert-OH is 1. The third-order valence-electron chi connectivity index (χ3n) is 7.01. The Morgan fingerprint density at radius 3 is 2.45 bits per heavy atom. The lowest BCUT2D eigenvalue weighted by Crippen LogP contribution is -2.44. The van der Waals surface area contributed by atoms with Crippen LogP contribution in [-0.4, -0.2) is 41.2 Å². The molecular weight excluding hydrogens is 388 g/mol. The summed E-state index contributed by atoms with van der Waals surface area (Å²) in [7, 11) is 0. The Labute approximate surface area is 184 Å². The van der Waals surface area contributed by atoms with Crippen LogP contribution in [0.5, 0.6) is 0 Å². The van der Waals surface area contributed by atoms with Gasteiger partial charge in [0.25, 0.3) is 0 Å². The van der Waals surface area contributed by atoms with E-state index in [1.807, 2.05) is 6.20 Å². The number of aromatic nitrogens is 1. The Bertz CT molecular complexity index is 916. The average molecular weight is 421 g/mol. The summed E-state index contributed by atoms with van der Waals surface area (Å²) in [6.45, 7) is 1.79. The molecule has 1 saturated carbocycles. The lowest BCUT2D eigenvalue weighted by molar-refractivity contribution is -0.119. The molecule has 1 amide bonds. The van der Waals surface area contributed by atoms with Crippen LogP contribution in [0.25, 0.3) is 0 Å². The van der Waals surface area contributed by atoms with E-state index >= 15 is 0 Å². The first-order valence-corrected chi connectivity index (χ1v) is 11.8. The van der Waals surface area contributed by atoms with E-state index in [-0.39, 0.29) is 12.0 Å². The molecule has 1 saturated heterocycles. The molecule has 1 aromatic carbocycles. The number of amides is 1. The van der Waals surface area contributed by atoms with Crippen molar-refractivity contribution in [2.75, 3.05) is 28.2 Å². The predicted molar refractivity (Wildman–Crippen MR) is 124 cm³/mol. The van der Waals surface area contributed by atoms with Gasteiger partial charge in [-0.05, 0) is 61.9 Å². The summed E-state index contributed by atoms with van der Waals surface area (Å²) in [5.74, 6) is 1.04. The summed E-state index contributed by atoms with van der Waals surface area (Å²) in [5, 5.41) is 13.1. The van der Waals surface area contributed by atoms with E-state index in [1.54, 1.807) is 0 Å². The lowest BCUT2D eigenvalue weighted by Gasteiger charge is -2.38. The molecular formula is C25H32N4O2.